The molecule has 0 fully saturated rings. The Morgan fingerprint density at radius 1 is 1.25 bits per heavy atom. The Labute approximate surface area is 114 Å². The van der Waals surface area contributed by atoms with Crippen molar-refractivity contribution in [1.82, 2.24) is 0 Å². The van der Waals surface area contributed by atoms with E-state index < -0.39 is 5.60 Å². The molecule has 0 aliphatic heterocycles. The van der Waals surface area contributed by atoms with Gasteiger partial charge in [-0.1, -0.05) is 26.0 Å². The van der Waals surface area contributed by atoms with Crippen LogP contribution >= 0.6 is 31.8 Å². The minimum atomic E-state index is -0.913. The lowest BCUT2D eigenvalue weighted by molar-refractivity contribution is 0.0345. The van der Waals surface area contributed by atoms with E-state index in [2.05, 4.69) is 31.8 Å². The summed E-state index contributed by atoms with van der Waals surface area (Å²) in [6, 6.07) is 7.72. The van der Waals surface area contributed by atoms with Crippen molar-refractivity contribution in [3.05, 3.63) is 33.4 Å². The number of aliphatic hydroxyl groups is 2. The van der Waals surface area contributed by atoms with Gasteiger partial charge in [0.05, 0.1) is 5.60 Å². The molecule has 1 rings (SSSR count). The van der Waals surface area contributed by atoms with Crippen molar-refractivity contribution in [3.63, 3.8) is 0 Å². The maximum Gasteiger partial charge on any atom is 0.0952 e. The number of rotatable bonds is 4. The molecule has 4 heteroatoms. The summed E-state index contributed by atoms with van der Waals surface area (Å²) in [5.74, 6) is 0. The van der Waals surface area contributed by atoms with Crippen LogP contribution in [0.5, 0.6) is 0 Å². The highest BCUT2D eigenvalue weighted by molar-refractivity contribution is 14.1. The fourth-order valence-corrected chi connectivity index (χ4v) is 2.11. The van der Waals surface area contributed by atoms with Crippen molar-refractivity contribution in [2.75, 3.05) is 12.8 Å². The predicted molar refractivity (Wildman–Crippen MR) is 80.7 cm³/mol. The minimum absolute atomic E-state index is 0.00309. The lowest BCUT2D eigenvalue weighted by atomic mass is 9.93. The van der Waals surface area contributed by atoms with Crippen LogP contribution in [-0.4, -0.2) is 23.0 Å². The number of hydrogen-bond donors (Lipinski definition) is 2. The second-order valence-electron chi connectivity index (χ2n) is 3.22. The molecule has 0 heterocycles. The summed E-state index contributed by atoms with van der Waals surface area (Å²) in [5, 5.41) is 19.1. The van der Waals surface area contributed by atoms with Crippen molar-refractivity contribution in [2.45, 2.75) is 25.9 Å². The molecular weight excluding hydrogens is 334 g/mol. The first-order valence-corrected chi connectivity index (χ1v) is 7.31. The van der Waals surface area contributed by atoms with E-state index in [4.69, 9.17) is 5.11 Å². The lowest BCUT2D eigenvalue weighted by Gasteiger charge is -2.26. The molecule has 0 radical (unpaired) electrons. The van der Waals surface area contributed by atoms with E-state index in [1.54, 1.807) is 0 Å². The quantitative estimate of drug-likeness (QED) is 0.645. The van der Waals surface area contributed by atoms with Crippen LogP contribution in [-0.2, 0) is 5.60 Å². The summed E-state index contributed by atoms with van der Waals surface area (Å²) < 4.78 is 1.14. The summed E-state index contributed by atoms with van der Waals surface area (Å²) in [7, 11) is 2.52. The largest absolute Gasteiger partial charge is 0.396 e. The molecule has 1 aromatic rings. The van der Waals surface area contributed by atoms with Gasteiger partial charge in [-0.3, -0.25) is 0 Å². The van der Waals surface area contributed by atoms with Crippen LogP contribution < -0.4 is 0 Å². The van der Waals surface area contributed by atoms with E-state index >= 15 is 0 Å². The first-order valence-electron chi connectivity index (χ1n) is 5.42. The van der Waals surface area contributed by atoms with E-state index in [1.165, 1.54) is 0 Å². The van der Waals surface area contributed by atoms with Crippen LogP contribution in [0.2, 0.25) is 0 Å². The molecule has 0 saturated carbocycles. The van der Waals surface area contributed by atoms with E-state index in [0.717, 1.165) is 9.13 Å². The number of benzene rings is 1. The smallest absolute Gasteiger partial charge is 0.0952 e. The second kappa shape index (κ2) is 8.40. The van der Waals surface area contributed by atoms with Gasteiger partial charge in [-0.2, -0.15) is 0 Å². The van der Waals surface area contributed by atoms with Crippen LogP contribution in [0.25, 0.3) is 0 Å². The molecule has 1 aromatic carbocycles. The molecule has 0 aliphatic carbocycles. The molecule has 0 aromatic heterocycles. The molecule has 2 unspecified atom stereocenters. The Morgan fingerprint density at radius 3 is 2.12 bits per heavy atom. The van der Waals surface area contributed by atoms with Gasteiger partial charge in [0, 0.05) is 16.6 Å². The molecule has 2 atom stereocenters. The zero-order chi connectivity index (χ0) is 12.6. The summed E-state index contributed by atoms with van der Waals surface area (Å²) >= 11 is 2.22. The Bertz CT molecular complexity index is 290. The maximum absolute atomic E-state index is 10.2. The second-order valence-corrected chi connectivity index (χ2v) is 4.87. The van der Waals surface area contributed by atoms with Crippen LogP contribution in [0.3, 0.4) is 0 Å². The topological polar surface area (TPSA) is 40.5 Å². The first kappa shape index (κ1) is 16.3. The van der Waals surface area contributed by atoms with Gasteiger partial charge in [-0.25, -0.2) is 0 Å². The van der Waals surface area contributed by atoms with Gasteiger partial charge in [0.15, 0.2) is 0 Å². The Hall–Kier alpha value is 0.300. The van der Waals surface area contributed by atoms with Gasteiger partial charge in [-0.15, -0.1) is 9.24 Å². The van der Waals surface area contributed by atoms with Crippen molar-refractivity contribution < 1.29 is 10.2 Å². The van der Waals surface area contributed by atoms with Gasteiger partial charge < -0.3 is 10.2 Å². The van der Waals surface area contributed by atoms with Gasteiger partial charge in [0.25, 0.3) is 0 Å². The number of hydrogen-bond acceptors (Lipinski definition) is 2. The lowest BCUT2D eigenvalue weighted by Crippen LogP contribution is -2.28. The van der Waals surface area contributed by atoms with Gasteiger partial charge in [0.2, 0.25) is 0 Å². The third-order valence-corrected chi connectivity index (χ3v) is 3.64. The summed E-state index contributed by atoms with van der Waals surface area (Å²) in [5.41, 5.74) is -0.0500. The van der Waals surface area contributed by atoms with E-state index in [0.29, 0.717) is 12.6 Å². The van der Waals surface area contributed by atoms with Crippen molar-refractivity contribution in [1.29, 1.82) is 0 Å². The maximum atomic E-state index is 10.2. The fraction of sp³-hybridized carbons (Fsp3) is 0.500. The normalized spacial score (nSPS) is 13.6. The number of aliphatic hydroxyl groups excluding tert-OH is 1. The third kappa shape index (κ3) is 4.66. The fourth-order valence-electron chi connectivity index (χ4n) is 1.31. The average molecular weight is 354 g/mol. The zero-order valence-corrected chi connectivity index (χ0v) is 13.1. The molecule has 0 amide bonds. The first-order chi connectivity index (χ1) is 7.62. The zero-order valence-electron chi connectivity index (χ0n) is 9.78. The average Bonchev–Trinajstić information content (AvgIpc) is 2.32. The Morgan fingerprint density at radius 2 is 1.75 bits per heavy atom. The molecular formula is C12H20IO2P. The summed E-state index contributed by atoms with van der Waals surface area (Å²) in [6.45, 7) is 4.00. The van der Waals surface area contributed by atoms with E-state index in [-0.39, 0.29) is 6.61 Å². The van der Waals surface area contributed by atoms with E-state index in [9.17, 15) is 5.11 Å². The van der Waals surface area contributed by atoms with Gasteiger partial charge >= 0.3 is 0 Å². The molecule has 2 N–H and O–H groups in total. The van der Waals surface area contributed by atoms with Gasteiger partial charge in [-0.05, 0) is 46.4 Å². The highest BCUT2D eigenvalue weighted by Gasteiger charge is 2.26. The van der Waals surface area contributed by atoms with Crippen molar-refractivity contribution >= 4 is 31.8 Å². The van der Waals surface area contributed by atoms with Crippen molar-refractivity contribution in [3.8, 4) is 0 Å². The van der Waals surface area contributed by atoms with Crippen LogP contribution in [0, 0.1) is 3.57 Å². The molecule has 0 spiro atoms. The predicted octanol–water partition coefficient (Wildman–Crippen LogP) is 2.76. The van der Waals surface area contributed by atoms with Crippen LogP contribution in [0.1, 0.15) is 25.8 Å². The van der Waals surface area contributed by atoms with Crippen LogP contribution in [0.15, 0.2) is 24.3 Å². The minimum Gasteiger partial charge on any atom is -0.396 e. The number of halogens is 1. The standard InChI is InChI=1S/C10H14IO2P.C2H6/c11-9-3-1-8(2-4-9)10(13,7-14)5-6-12;1-2/h1-4,12-13H,5-7,14H2;1-2H3. The highest BCUT2D eigenvalue weighted by Crippen LogP contribution is 2.27. The molecule has 16 heavy (non-hydrogen) atoms. The SMILES string of the molecule is CC.OCCC(O)(CP)c1ccc(I)cc1. The van der Waals surface area contributed by atoms with Crippen molar-refractivity contribution in [2.24, 2.45) is 0 Å². The summed E-state index contributed by atoms with van der Waals surface area (Å²) in [6.07, 6.45) is 0.908. The third-order valence-electron chi connectivity index (χ3n) is 2.24. The molecule has 0 aliphatic rings. The Kier molecular flexibility index (Phi) is 8.56. The Balaban J connectivity index is 0.00000106. The summed E-state index contributed by atoms with van der Waals surface area (Å²) in [4.78, 5) is 0. The monoisotopic (exact) mass is 354 g/mol. The van der Waals surface area contributed by atoms with Crippen LogP contribution in [0.4, 0.5) is 0 Å². The van der Waals surface area contributed by atoms with Gasteiger partial charge in [0.1, 0.15) is 0 Å². The molecule has 0 saturated heterocycles. The molecule has 92 valence electrons. The highest BCUT2D eigenvalue weighted by atomic mass is 127. The molecule has 0 bridgehead atoms. The van der Waals surface area contributed by atoms with E-state index in [1.807, 2.05) is 38.1 Å². The molecule has 2 nitrogen and oxygen atoms in total.